The van der Waals surface area contributed by atoms with Crippen LogP contribution in [-0.4, -0.2) is 37.7 Å². The van der Waals surface area contributed by atoms with Crippen molar-refractivity contribution in [1.29, 1.82) is 0 Å². The number of nitrogens with zero attached hydrogens (tertiary/aromatic N) is 1. The molecule has 2 aliphatic rings. The Bertz CT molecular complexity index is 466. The summed E-state index contributed by atoms with van der Waals surface area (Å²) in [5, 5.41) is 0. The van der Waals surface area contributed by atoms with Gasteiger partial charge in [0.1, 0.15) is 0 Å². The van der Waals surface area contributed by atoms with E-state index in [-0.39, 0.29) is 0 Å². The fourth-order valence-electron chi connectivity index (χ4n) is 3.60. The van der Waals surface area contributed by atoms with E-state index in [9.17, 15) is 0 Å². The van der Waals surface area contributed by atoms with E-state index in [1.54, 1.807) is 0 Å². The van der Waals surface area contributed by atoms with Gasteiger partial charge in [0, 0.05) is 12.5 Å². The molecule has 0 bridgehead atoms. The molecule has 2 aliphatic heterocycles. The van der Waals surface area contributed by atoms with Crippen molar-refractivity contribution in [2.45, 2.75) is 32.2 Å². The van der Waals surface area contributed by atoms with Crippen molar-refractivity contribution in [3.63, 3.8) is 0 Å². The van der Waals surface area contributed by atoms with E-state index in [4.69, 9.17) is 15.2 Å². The Labute approximate surface area is 127 Å². The van der Waals surface area contributed by atoms with E-state index in [0.29, 0.717) is 12.0 Å². The first kappa shape index (κ1) is 14.7. The minimum Gasteiger partial charge on any atom is -0.490 e. The molecule has 2 unspecified atom stereocenters. The number of ether oxygens (including phenoxy) is 2. The van der Waals surface area contributed by atoms with E-state index < -0.39 is 0 Å². The summed E-state index contributed by atoms with van der Waals surface area (Å²) < 4.78 is 11.6. The number of rotatable bonds is 3. The maximum Gasteiger partial charge on any atom is 0.161 e. The van der Waals surface area contributed by atoms with E-state index in [2.05, 4.69) is 30.0 Å². The van der Waals surface area contributed by atoms with Gasteiger partial charge in [0.15, 0.2) is 11.5 Å². The molecule has 21 heavy (non-hydrogen) atoms. The first-order valence-corrected chi connectivity index (χ1v) is 8.17. The third kappa shape index (κ3) is 3.01. The summed E-state index contributed by atoms with van der Waals surface area (Å²) in [4.78, 5) is 2.54. The van der Waals surface area contributed by atoms with Crippen LogP contribution in [0, 0.1) is 5.92 Å². The summed E-state index contributed by atoms with van der Waals surface area (Å²) in [7, 11) is 0. The summed E-state index contributed by atoms with van der Waals surface area (Å²) in [6.45, 7) is 6.67. The predicted molar refractivity (Wildman–Crippen MR) is 83.8 cm³/mol. The van der Waals surface area contributed by atoms with Crippen molar-refractivity contribution in [3.8, 4) is 11.5 Å². The predicted octanol–water partition coefficient (Wildman–Crippen LogP) is 2.58. The van der Waals surface area contributed by atoms with Gasteiger partial charge in [-0.25, -0.2) is 0 Å². The van der Waals surface area contributed by atoms with Gasteiger partial charge < -0.3 is 15.2 Å². The molecule has 3 rings (SSSR count). The summed E-state index contributed by atoms with van der Waals surface area (Å²) in [5.41, 5.74) is 7.34. The lowest BCUT2D eigenvalue weighted by Crippen LogP contribution is -2.41. The minimum absolute atomic E-state index is 0.408. The first-order valence-electron chi connectivity index (χ1n) is 8.17. The van der Waals surface area contributed by atoms with Gasteiger partial charge in [-0.05, 0) is 56.1 Å². The molecule has 0 aliphatic carbocycles. The lowest BCUT2D eigenvalue weighted by Gasteiger charge is -2.41. The quantitative estimate of drug-likeness (QED) is 0.929. The van der Waals surface area contributed by atoms with Crippen molar-refractivity contribution in [3.05, 3.63) is 23.8 Å². The lowest BCUT2D eigenvalue weighted by atomic mass is 9.84. The maximum atomic E-state index is 6.03. The molecule has 2 heterocycles. The topological polar surface area (TPSA) is 47.7 Å². The Hall–Kier alpha value is -1.26. The van der Waals surface area contributed by atoms with Gasteiger partial charge in [0.05, 0.1) is 13.2 Å². The average Bonchev–Trinajstić information content (AvgIpc) is 2.78. The first-order chi connectivity index (χ1) is 10.3. The van der Waals surface area contributed by atoms with E-state index in [0.717, 1.165) is 50.8 Å². The number of nitrogens with two attached hydrogens (primary N) is 1. The second kappa shape index (κ2) is 6.67. The molecule has 2 atom stereocenters. The Morgan fingerprint density at radius 2 is 2.00 bits per heavy atom. The van der Waals surface area contributed by atoms with Crippen LogP contribution in [0.2, 0.25) is 0 Å². The van der Waals surface area contributed by atoms with Crippen LogP contribution in [0.5, 0.6) is 11.5 Å². The summed E-state index contributed by atoms with van der Waals surface area (Å²) in [6, 6.07) is 6.83. The molecule has 0 saturated carbocycles. The largest absolute Gasteiger partial charge is 0.490 e. The second-order valence-corrected chi connectivity index (χ2v) is 5.97. The Morgan fingerprint density at radius 1 is 1.19 bits per heavy atom. The van der Waals surface area contributed by atoms with Crippen molar-refractivity contribution >= 4 is 0 Å². The molecule has 1 aromatic rings. The summed E-state index contributed by atoms with van der Waals surface area (Å²) >= 11 is 0. The highest BCUT2D eigenvalue weighted by Gasteiger charge is 2.31. The zero-order valence-electron chi connectivity index (χ0n) is 12.9. The second-order valence-electron chi connectivity index (χ2n) is 5.97. The monoisotopic (exact) mass is 290 g/mol. The zero-order valence-corrected chi connectivity index (χ0v) is 12.9. The fourth-order valence-corrected chi connectivity index (χ4v) is 3.60. The highest BCUT2D eigenvalue weighted by atomic mass is 16.5. The smallest absolute Gasteiger partial charge is 0.161 e. The standard InChI is InChI=1S/C17H26N2O2/c1-2-19-8-3-5-14(12-18)17(19)13-6-7-15-16(11-13)21-10-4-9-20-15/h6-7,11,14,17H,2-5,8-10,12,18H2,1H3. The number of benzene rings is 1. The van der Waals surface area contributed by atoms with Crippen LogP contribution in [0.3, 0.4) is 0 Å². The lowest BCUT2D eigenvalue weighted by molar-refractivity contribution is 0.102. The van der Waals surface area contributed by atoms with Gasteiger partial charge >= 0.3 is 0 Å². The Morgan fingerprint density at radius 3 is 2.76 bits per heavy atom. The van der Waals surface area contributed by atoms with E-state index in [1.165, 1.54) is 18.4 Å². The van der Waals surface area contributed by atoms with Crippen LogP contribution >= 0.6 is 0 Å². The molecule has 1 fully saturated rings. The van der Waals surface area contributed by atoms with Crippen LogP contribution in [0.4, 0.5) is 0 Å². The Balaban J connectivity index is 1.91. The van der Waals surface area contributed by atoms with Gasteiger partial charge in [-0.1, -0.05) is 13.0 Å². The van der Waals surface area contributed by atoms with Crippen LogP contribution in [-0.2, 0) is 0 Å². The van der Waals surface area contributed by atoms with Crippen molar-refractivity contribution in [2.75, 3.05) is 32.8 Å². The summed E-state index contributed by atoms with van der Waals surface area (Å²) in [5.74, 6) is 2.30. The van der Waals surface area contributed by atoms with Crippen molar-refractivity contribution in [1.82, 2.24) is 4.90 Å². The highest BCUT2D eigenvalue weighted by molar-refractivity contribution is 5.44. The normalized spacial score (nSPS) is 26.4. The van der Waals surface area contributed by atoms with E-state index in [1.807, 2.05) is 0 Å². The van der Waals surface area contributed by atoms with Gasteiger partial charge in [-0.3, -0.25) is 4.90 Å². The third-order valence-electron chi connectivity index (χ3n) is 4.68. The molecular weight excluding hydrogens is 264 g/mol. The van der Waals surface area contributed by atoms with Crippen LogP contribution in [0.15, 0.2) is 18.2 Å². The summed E-state index contributed by atoms with van der Waals surface area (Å²) in [6.07, 6.45) is 3.41. The van der Waals surface area contributed by atoms with Crippen molar-refractivity contribution in [2.24, 2.45) is 11.7 Å². The average molecular weight is 290 g/mol. The minimum atomic E-state index is 0.408. The molecule has 0 aromatic heterocycles. The van der Waals surface area contributed by atoms with Gasteiger partial charge in [0.25, 0.3) is 0 Å². The van der Waals surface area contributed by atoms with Crippen LogP contribution < -0.4 is 15.2 Å². The number of fused-ring (bicyclic) bond motifs is 1. The molecule has 4 nitrogen and oxygen atoms in total. The number of hydrogen-bond acceptors (Lipinski definition) is 4. The molecule has 2 N–H and O–H groups in total. The van der Waals surface area contributed by atoms with Crippen molar-refractivity contribution < 1.29 is 9.47 Å². The molecule has 4 heteroatoms. The Kier molecular flexibility index (Phi) is 4.66. The zero-order chi connectivity index (χ0) is 14.7. The molecule has 116 valence electrons. The third-order valence-corrected chi connectivity index (χ3v) is 4.68. The molecule has 0 amide bonds. The van der Waals surface area contributed by atoms with Crippen LogP contribution in [0.1, 0.15) is 37.8 Å². The molecule has 0 radical (unpaired) electrons. The SMILES string of the molecule is CCN1CCCC(CN)C1c1ccc2c(c1)OCCCO2. The highest BCUT2D eigenvalue weighted by Crippen LogP contribution is 2.39. The molecule has 1 aromatic carbocycles. The number of likely N-dealkylation sites (tertiary alicyclic amines) is 1. The van der Waals surface area contributed by atoms with Gasteiger partial charge in [-0.2, -0.15) is 0 Å². The van der Waals surface area contributed by atoms with Gasteiger partial charge in [-0.15, -0.1) is 0 Å². The molecule has 1 saturated heterocycles. The van der Waals surface area contributed by atoms with Gasteiger partial charge in [0.2, 0.25) is 0 Å². The molecular formula is C17H26N2O2. The number of hydrogen-bond donors (Lipinski definition) is 1. The maximum absolute atomic E-state index is 6.03. The molecule has 0 spiro atoms. The fraction of sp³-hybridized carbons (Fsp3) is 0.647. The van der Waals surface area contributed by atoms with Crippen LogP contribution in [0.25, 0.3) is 0 Å². The van der Waals surface area contributed by atoms with E-state index >= 15 is 0 Å². The number of piperidine rings is 1.